The number of likely N-dealkylation sites (tertiary alicyclic amines) is 1. The van der Waals surface area contributed by atoms with E-state index in [-0.39, 0.29) is 5.82 Å². The zero-order valence-corrected chi connectivity index (χ0v) is 16.4. The summed E-state index contributed by atoms with van der Waals surface area (Å²) < 4.78 is 0. The molecule has 2 fully saturated rings. The summed E-state index contributed by atoms with van der Waals surface area (Å²) in [7, 11) is 0. The molecule has 2 heterocycles. The number of nitrogens with zero attached hydrogens (tertiary/aromatic N) is 5. The van der Waals surface area contributed by atoms with E-state index in [2.05, 4.69) is 31.7 Å². The van der Waals surface area contributed by atoms with Crippen LogP contribution in [0.2, 0.25) is 0 Å². The second-order valence-electron chi connectivity index (χ2n) is 7.80. The summed E-state index contributed by atoms with van der Waals surface area (Å²) in [5.41, 5.74) is 0.896. The highest BCUT2D eigenvalue weighted by molar-refractivity contribution is 5.48. The monoisotopic (exact) mass is 365 g/mol. The average Bonchev–Trinajstić information content (AvgIpc) is 3.00. The maximum Gasteiger partial charge on any atom is 0.232 e. The molecule has 1 aromatic heterocycles. The number of anilines is 1. The van der Waals surface area contributed by atoms with Crippen LogP contribution in [-0.2, 0) is 0 Å². The fraction of sp³-hybridized carbons (Fsp3) is 0.682. The van der Waals surface area contributed by atoms with Crippen molar-refractivity contribution in [1.29, 1.82) is 5.26 Å². The van der Waals surface area contributed by atoms with E-state index in [1.54, 1.807) is 12.4 Å². The lowest BCUT2D eigenvalue weighted by Crippen LogP contribution is -2.26. The first-order valence-corrected chi connectivity index (χ1v) is 10.6. The topological polar surface area (TPSA) is 56.1 Å². The van der Waals surface area contributed by atoms with Gasteiger partial charge in [0.25, 0.3) is 0 Å². The molecule has 0 atom stereocenters. The van der Waals surface area contributed by atoms with Crippen molar-refractivity contribution in [3.05, 3.63) is 18.2 Å². The van der Waals surface area contributed by atoms with E-state index in [1.807, 2.05) is 6.07 Å². The van der Waals surface area contributed by atoms with Gasteiger partial charge < -0.3 is 0 Å². The zero-order valence-electron chi connectivity index (χ0n) is 16.4. The van der Waals surface area contributed by atoms with Gasteiger partial charge in [0.05, 0.1) is 24.6 Å². The van der Waals surface area contributed by atoms with Crippen molar-refractivity contribution in [2.24, 2.45) is 5.92 Å². The van der Waals surface area contributed by atoms with E-state index in [9.17, 15) is 0 Å². The van der Waals surface area contributed by atoms with Gasteiger partial charge in [-0.25, -0.2) is 9.97 Å². The standard InChI is InChI=1S/C22H31N5/c23-17-22-24-18-21(19-25-22)27(16-11-20-9-4-3-5-10-20)15-8-14-26-12-6-1-2-7-13-26/h18-20H,1-7,9-14,16H2. The molecule has 0 spiro atoms. The van der Waals surface area contributed by atoms with Crippen molar-refractivity contribution in [2.45, 2.75) is 64.2 Å². The molecule has 0 amide bonds. The number of nitriles is 1. The Labute approximate surface area is 163 Å². The molecule has 0 radical (unpaired) electrons. The highest BCUT2D eigenvalue weighted by atomic mass is 15.1. The Balaban J connectivity index is 1.62. The van der Waals surface area contributed by atoms with Crippen molar-refractivity contribution < 1.29 is 0 Å². The molecule has 144 valence electrons. The maximum absolute atomic E-state index is 8.93. The number of aromatic nitrogens is 2. The average molecular weight is 366 g/mol. The lowest BCUT2D eigenvalue weighted by atomic mass is 9.87. The van der Waals surface area contributed by atoms with Gasteiger partial charge in [-0.2, -0.15) is 5.26 Å². The zero-order chi connectivity index (χ0) is 18.7. The molecule has 1 saturated heterocycles. The molecule has 27 heavy (non-hydrogen) atoms. The summed E-state index contributed by atoms with van der Waals surface area (Å²) in [6, 6.07) is 5.35. The molecule has 2 aliphatic rings. The normalized spacial score (nSPS) is 18.8. The van der Waals surface area contributed by atoms with Gasteiger partial charge in [-0.3, -0.25) is 9.80 Å². The third-order valence-corrected chi connectivity index (χ3v) is 5.75. The van der Waals surface area contributed by atoms with E-state index in [4.69, 9.17) is 5.26 Å². The van der Waals surface area contributed by atoms with Crippen molar-refractivity contribution >= 4 is 5.69 Å². The Morgan fingerprint density at radius 3 is 2.33 bits per heavy atom. The summed E-state index contributed by atoms with van der Waals surface area (Å²) in [6.45, 7) is 4.07. The van der Waals surface area contributed by atoms with Crippen LogP contribution in [0.3, 0.4) is 0 Å². The van der Waals surface area contributed by atoms with Crippen molar-refractivity contribution in [2.75, 3.05) is 31.1 Å². The minimum absolute atomic E-state index is 0.212. The fourth-order valence-electron chi connectivity index (χ4n) is 4.09. The van der Waals surface area contributed by atoms with Gasteiger partial charge in [-0.05, 0) is 38.3 Å². The molecular weight excluding hydrogens is 334 g/mol. The molecule has 1 aliphatic heterocycles. The van der Waals surface area contributed by atoms with Crippen LogP contribution in [0, 0.1) is 29.2 Å². The van der Waals surface area contributed by atoms with Gasteiger partial charge in [0.2, 0.25) is 5.82 Å². The van der Waals surface area contributed by atoms with Crippen molar-refractivity contribution in [3.63, 3.8) is 0 Å². The van der Waals surface area contributed by atoms with Crippen LogP contribution in [0.5, 0.6) is 0 Å². The molecule has 5 nitrogen and oxygen atoms in total. The molecule has 0 unspecified atom stereocenters. The van der Waals surface area contributed by atoms with E-state index in [1.165, 1.54) is 64.2 Å². The fourth-order valence-corrected chi connectivity index (χ4v) is 4.09. The van der Waals surface area contributed by atoms with Crippen LogP contribution in [0.25, 0.3) is 0 Å². The summed E-state index contributed by atoms with van der Waals surface area (Å²) >= 11 is 0. The van der Waals surface area contributed by atoms with E-state index in [0.717, 1.165) is 37.8 Å². The molecule has 3 rings (SSSR count). The Morgan fingerprint density at radius 1 is 1.00 bits per heavy atom. The summed E-state index contributed by atoms with van der Waals surface area (Å²) in [6.07, 6.45) is 16.7. The van der Waals surface area contributed by atoms with E-state index >= 15 is 0 Å². The Kier molecular flexibility index (Phi) is 7.93. The van der Waals surface area contributed by atoms with Crippen molar-refractivity contribution in [3.8, 4) is 18.0 Å². The second kappa shape index (κ2) is 10.9. The van der Waals surface area contributed by atoms with E-state index < -0.39 is 0 Å². The molecule has 1 saturated carbocycles. The Bertz CT molecular complexity index is 653. The third-order valence-electron chi connectivity index (χ3n) is 5.75. The highest BCUT2D eigenvalue weighted by Gasteiger charge is 2.15. The summed E-state index contributed by atoms with van der Waals surface area (Å²) in [4.78, 5) is 12.8. The quantitative estimate of drug-likeness (QED) is 0.584. The van der Waals surface area contributed by atoms with Crippen LogP contribution in [0.15, 0.2) is 12.4 Å². The first-order valence-electron chi connectivity index (χ1n) is 10.6. The molecule has 1 aliphatic carbocycles. The molecule has 5 heteroatoms. The maximum atomic E-state index is 8.93. The second-order valence-corrected chi connectivity index (χ2v) is 7.80. The van der Waals surface area contributed by atoms with Crippen LogP contribution >= 0.6 is 0 Å². The predicted molar refractivity (Wildman–Crippen MR) is 108 cm³/mol. The van der Waals surface area contributed by atoms with Crippen LogP contribution in [-0.4, -0.2) is 41.0 Å². The highest BCUT2D eigenvalue weighted by Crippen LogP contribution is 2.27. The Hall–Kier alpha value is -2.11. The van der Waals surface area contributed by atoms with Gasteiger partial charge in [0.15, 0.2) is 0 Å². The minimum Gasteiger partial charge on any atom is -0.298 e. The van der Waals surface area contributed by atoms with Gasteiger partial charge in [0, 0.05) is 12.6 Å². The first-order chi connectivity index (χ1) is 13.3. The first kappa shape index (κ1) is 19.6. The predicted octanol–water partition coefficient (Wildman–Crippen LogP) is 3.96. The molecule has 0 aromatic carbocycles. The molecule has 0 bridgehead atoms. The third kappa shape index (κ3) is 6.52. The number of hydrogen-bond donors (Lipinski definition) is 0. The van der Waals surface area contributed by atoms with Gasteiger partial charge in [0.1, 0.15) is 6.07 Å². The summed E-state index contributed by atoms with van der Waals surface area (Å²) in [5.74, 6) is 4.40. The van der Waals surface area contributed by atoms with Crippen LogP contribution < -0.4 is 4.90 Å². The lowest BCUT2D eigenvalue weighted by Gasteiger charge is -2.24. The van der Waals surface area contributed by atoms with Crippen LogP contribution in [0.4, 0.5) is 5.69 Å². The lowest BCUT2D eigenvalue weighted by molar-refractivity contribution is 0.320. The smallest absolute Gasteiger partial charge is 0.232 e. The van der Waals surface area contributed by atoms with Gasteiger partial charge in [-0.15, -0.1) is 0 Å². The SMILES string of the molecule is N#Cc1ncc(N(C#CCN2CCCCCC2)CCC2CCCCC2)cn1. The summed E-state index contributed by atoms with van der Waals surface area (Å²) in [5, 5.41) is 8.93. The van der Waals surface area contributed by atoms with Crippen LogP contribution in [0.1, 0.15) is 70.0 Å². The van der Waals surface area contributed by atoms with E-state index in [0.29, 0.717) is 0 Å². The molecule has 0 N–H and O–H groups in total. The number of hydrogen-bond acceptors (Lipinski definition) is 5. The largest absolute Gasteiger partial charge is 0.298 e. The minimum atomic E-state index is 0.212. The number of rotatable bonds is 5. The molecule has 1 aromatic rings. The van der Waals surface area contributed by atoms with Crippen molar-refractivity contribution in [1.82, 2.24) is 14.9 Å². The molecular formula is C22H31N5. The van der Waals surface area contributed by atoms with Gasteiger partial charge >= 0.3 is 0 Å². The van der Waals surface area contributed by atoms with Gasteiger partial charge in [-0.1, -0.05) is 50.9 Å². The Morgan fingerprint density at radius 2 is 1.67 bits per heavy atom.